The normalized spacial score (nSPS) is 25.9. The van der Waals surface area contributed by atoms with E-state index < -0.39 is 5.60 Å². The van der Waals surface area contributed by atoms with Crippen LogP contribution in [0.5, 0.6) is 0 Å². The summed E-state index contributed by atoms with van der Waals surface area (Å²) in [6, 6.07) is 9.61. The highest BCUT2D eigenvalue weighted by molar-refractivity contribution is 7.11. The van der Waals surface area contributed by atoms with E-state index in [9.17, 15) is 9.59 Å². The van der Waals surface area contributed by atoms with Crippen LogP contribution in [0.3, 0.4) is 0 Å². The Morgan fingerprint density at radius 1 is 1.35 bits per heavy atom. The monoisotopic (exact) mass is 371 g/mol. The molecule has 136 valence electrons. The highest BCUT2D eigenvalue weighted by Gasteiger charge is 2.50. The fourth-order valence-corrected chi connectivity index (χ4v) is 4.67. The molecule has 7 heteroatoms. The molecule has 0 spiro atoms. The zero-order valence-electron chi connectivity index (χ0n) is 14.8. The molecule has 0 radical (unpaired) electrons. The summed E-state index contributed by atoms with van der Waals surface area (Å²) in [5.41, 5.74) is 2.76. The average molecular weight is 371 g/mol. The van der Waals surface area contributed by atoms with Gasteiger partial charge in [-0.2, -0.15) is 0 Å². The second-order valence-corrected chi connectivity index (χ2v) is 7.85. The molecule has 1 aromatic heterocycles. The summed E-state index contributed by atoms with van der Waals surface area (Å²) < 4.78 is 5.96. The highest BCUT2D eigenvalue weighted by Crippen LogP contribution is 2.36. The summed E-state index contributed by atoms with van der Waals surface area (Å²) in [7, 11) is 0. The lowest BCUT2D eigenvalue weighted by Gasteiger charge is -2.52. The minimum Gasteiger partial charge on any atom is -0.361 e. The summed E-state index contributed by atoms with van der Waals surface area (Å²) in [6.07, 6.45) is 0.681. The molecule has 0 unspecified atom stereocenters. The fourth-order valence-electron chi connectivity index (χ4n) is 3.90. The van der Waals surface area contributed by atoms with Crippen molar-refractivity contribution in [2.24, 2.45) is 0 Å². The molecule has 2 aliphatic heterocycles. The van der Waals surface area contributed by atoms with E-state index in [1.54, 1.807) is 5.51 Å². The average Bonchev–Trinajstić information content (AvgIpc) is 3.07. The molecule has 6 nitrogen and oxygen atoms in total. The number of fused-ring (bicyclic) bond motifs is 1. The van der Waals surface area contributed by atoms with Crippen LogP contribution >= 0.6 is 11.3 Å². The van der Waals surface area contributed by atoms with Crippen molar-refractivity contribution in [1.82, 2.24) is 9.88 Å². The van der Waals surface area contributed by atoms with Gasteiger partial charge < -0.3 is 14.5 Å². The number of likely N-dealkylation sites (tertiary alicyclic amines) is 1. The van der Waals surface area contributed by atoms with Crippen molar-refractivity contribution in [2.75, 3.05) is 24.6 Å². The van der Waals surface area contributed by atoms with Gasteiger partial charge in [-0.05, 0) is 32.4 Å². The maximum Gasteiger partial charge on any atom is 0.265 e. The zero-order valence-corrected chi connectivity index (χ0v) is 15.7. The quantitative estimate of drug-likeness (QED) is 0.814. The van der Waals surface area contributed by atoms with Crippen LogP contribution < -0.4 is 4.90 Å². The third-order valence-electron chi connectivity index (χ3n) is 5.25. The van der Waals surface area contributed by atoms with Crippen LogP contribution in [-0.4, -0.2) is 53.0 Å². The number of piperidine rings is 1. The SMILES string of the molecule is Cc1ncsc1C(=O)N1CC[C@H]2N(c3ccccc3)C(=O)CO[C@]2(C)C1. The number of para-hydroxylation sites is 1. The number of anilines is 1. The molecule has 26 heavy (non-hydrogen) atoms. The first-order valence-corrected chi connectivity index (χ1v) is 9.58. The maximum atomic E-state index is 12.9. The number of hydrogen-bond donors (Lipinski definition) is 0. The first-order valence-electron chi connectivity index (χ1n) is 8.70. The largest absolute Gasteiger partial charge is 0.361 e. The Balaban J connectivity index is 1.60. The number of benzene rings is 1. The Morgan fingerprint density at radius 3 is 2.81 bits per heavy atom. The standard InChI is InChI=1S/C19H21N3O3S/c1-13-17(26-12-20-13)18(24)21-9-8-15-19(2,11-21)25-10-16(23)22(15)14-6-4-3-5-7-14/h3-7,12,15H,8-11H2,1-2H3/t15-,19-/m1/s1. The second-order valence-electron chi connectivity index (χ2n) is 7.00. The summed E-state index contributed by atoms with van der Waals surface area (Å²) in [5.74, 6) is -0.0341. The van der Waals surface area contributed by atoms with E-state index in [4.69, 9.17) is 4.74 Å². The third-order valence-corrected chi connectivity index (χ3v) is 6.17. The number of thiazole rings is 1. The van der Waals surface area contributed by atoms with E-state index in [1.807, 2.05) is 54.0 Å². The van der Waals surface area contributed by atoms with Crippen LogP contribution in [0.4, 0.5) is 5.69 Å². The van der Waals surface area contributed by atoms with E-state index in [0.29, 0.717) is 24.4 Å². The fraction of sp³-hybridized carbons (Fsp3) is 0.421. The van der Waals surface area contributed by atoms with Crippen molar-refractivity contribution >= 4 is 28.8 Å². The van der Waals surface area contributed by atoms with Crippen LogP contribution in [0.1, 0.15) is 28.7 Å². The molecule has 2 amide bonds. The van der Waals surface area contributed by atoms with Gasteiger partial charge in [-0.25, -0.2) is 4.98 Å². The van der Waals surface area contributed by atoms with Gasteiger partial charge in [-0.1, -0.05) is 18.2 Å². The van der Waals surface area contributed by atoms with Gasteiger partial charge in [-0.15, -0.1) is 11.3 Å². The van der Waals surface area contributed by atoms with Crippen molar-refractivity contribution in [3.63, 3.8) is 0 Å². The number of ether oxygens (including phenoxy) is 1. The van der Waals surface area contributed by atoms with Crippen LogP contribution in [0.25, 0.3) is 0 Å². The van der Waals surface area contributed by atoms with Gasteiger partial charge >= 0.3 is 0 Å². The molecule has 0 saturated carbocycles. The van der Waals surface area contributed by atoms with Crippen molar-refractivity contribution in [3.05, 3.63) is 46.4 Å². The first-order chi connectivity index (χ1) is 12.5. The lowest BCUT2D eigenvalue weighted by Crippen LogP contribution is -2.68. The minimum atomic E-state index is -0.587. The second kappa shape index (κ2) is 6.48. The van der Waals surface area contributed by atoms with Crippen molar-refractivity contribution < 1.29 is 14.3 Å². The third kappa shape index (κ3) is 2.81. The van der Waals surface area contributed by atoms with E-state index in [-0.39, 0.29) is 24.5 Å². The van der Waals surface area contributed by atoms with Crippen molar-refractivity contribution in [3.8, 4) is 0 Å². The molecule has 2 atom stereocenters. The molecule has 1 aromatic carbocycles. The molecule has 3 heterocycles. The highest BCUT2D eigenvalue weighted by atomic mass is 32.1. The molecule has 2 saturated heterocycles. The lowest BCUT2D eigenvalue weighted by atomic mass is 9.85. The number of aromatic nitrogens is 1. The molecular formula is C19H21N3O3S. The lowest BCUT2D eigenvalue weighted by molar-refractivity contribution is -0.149. The Labute approximate surface area is 156 Å². The number of hydrogen-bond acceptors (Lipinski definition) is 5. The van der Waals surface area contributed by atoms with E-state index in [0.717, 1.165) is 11.4 Å². The molecule has 4 rings (SSSR count). The smallest absolute Gasteiger partial charge is 0.265 e. The molecule has 0 bridgehead atoms. The molecule has 2 aliphatic rings. The summed E-state index contributed by atoms with van der Waals surface area (Å²) in [4.78, 5) is 34.0. The molecule has 0 N–H and O–H groups in total. The Hall–Kier alpha value is -2.25. The van der Waals surface area contributed by atoms with Gasteiger partial charge in [0.05, 0.1) is 23.8 Å². The number of morpholine rings is 1. The van der Waals surface area contributed by atoms with Crippen LogP contribution in [0.15, 0.2) is 35.8 Å². The van der Waals surface area contributed by atoms with Crippen LogP contribution in [0.2, 0.25) is 0 Å². The summed E-state index contributed by atoms with van der Waals surface area (Å²) >= 11 is 1.37. The van der Waals surface area contributed by atoms with E-state index in [2.05, 4.69) is 4.98 Å². The Bertz CT molecular complexity index is 838. The topological polar surface area (TPSA) is 62.7 Å². The van der Waals surface area contributed by atoms with Gasteiger partial charge in [-0.3, -0.25) is 9.59 Å². The van der Waals surface area contributed by atoms with Crippen LogP contribution in [0, 0.1) is 6.92 Å². The zero-order chi connectivity index (χ0) is 18.3. The van der Waals surface area contributed by atoms with Crippen molar-refractivity contribution in [2.45, 2.75) is 31.9 Å². The number of aryl methyl sites for hydroxylation is 1. The van der Waals surface area contributed by atoms with Gasteiger partial charge in [0, 0.05) is 12.2 Å². The molecule has 2 fully saturated rings. The molecule has 2 aromatic rings. The maximum absolute atomic E-state index is 12.9. The predicted molar refractivity (Wildman–Crippen MR) is 99.4 cm³/mol. The van der Waals surface area contributed by atoms with Gasteiger partial charge in [0.25, 0.3) is 11.8 Å². The predicted octanol–water partition coefficient (Wildman–Crippen LogP) is 2.49. The van der Waals surface area contributed by atoms with E-state index in [1.165, 1.54) is 11.3 Å². The Morgan fingerprint density at radius 2 is 2.12 bits per heavy atom. The van der Waals surface area contributed by atoms with E-state index >= 15 is 0 Å². The van der Waals surface area contributed by atoms with Gasteiger partial charge in [0.15, 0.2) is 0 Å². The number of rotatable bonds is 2. The van der Waals surface area contributed by atoms with Crippen LogP contribution in [-0.2, 0) is 9.53 Å². The van der Waals surface area contributed by atoms with Gasteiger partial charge in [0.2, 0.25) is 0 Å². The summed E-state index contributed by atoms with van der Waals surface area (Å²) in [6.45, 7) is 4.94. The molecular weight excluding hydrogens is 350 g/mol. The number of carbonyl (C=O) groups is 2. The number of amides is 2. The summed E-state index contributed by atoms with van der Waals surface area (Å²) in [5, 5.41) is 0. The first kappa shape index (κ1) is 17.2. The number of carbonyl (C=O) groups excluding carboxylic acids is 2. The van der Waals surface area contributed by atoms with Gasteiger partial charge in [0.1, 0.15) is 17.1 Å². The minimum absolute atomic E-state index is 0.00330. The Kier molecular flexibility index (Phi) is 4.28. The van der Waals surface area contributed by atoms with Crippen molar-refractivity contribution in [1.29, 1.82) is 0 Å². The molecule has 0 aliphatic carbocycles. The number of nitrogens with zero attached hydrogens (tertiary/aromatic N) is 3.